The van der Waals surface area contributed by atoms with Crippen molar-refractivity contribution in [1.29, 1.82) is 0 Å². The van der Waals surface area contributed by atoms with Gasteiger partial charge in [0.25, 0.3) is 0 Å². The molecule has 0 aromatic rings. The number of hydrogen-bond donors (Lipinski definition) is 3. The minimum atomic E-state index is 0.00598. The molecule has 2 aliphatic rings. The highest BCUT2D eigenvalue weighted by atomic mass is 16.2. The average Bonchev–Trinajstić information content (AvgIpc) is 2.83. The molecular formula is C12H24N4O. The topological polar surface area (TPSA) is 56.4 Å². The molecule has 98 valence electrons. The van der Waals surface area contributed by atoms with Crippen LogP contribution in [-0.2, 0) is 0 Å². The molecule has 1 unspecified atom stereocenters. The zero-order valence-corrected chi connectivity index (χ0v) is 10.7. The van der Waals surface area contributed by atoms with Gasteiger partial charge in [0.1, 0.15) is 0 Å². The van der Waals surface area contributed by atoms with E-state index < -0.39 is 0 Å². The van der Waals surface area contributed by atoms with Crippen LogP contribution in [0, 0.1) is 5.92 Å². The maximum Gasteiger partial charge on any atom is 0.315 e. The lowest BCUT2D eigenvalue weighted by Crippen LogP contribution is -2.48. The third-order valence-electron chi connectivity index (χ3n) is 3.77. The zero-order chi connectivity index (χ0) is 12.1. The van der Waals surface area contributed by atoms with Gasteiger partial charge < -0.3 is 20.9 Å². The zero-order valence-electron chi connectivity index (χ0n) is 10.7. The van der Waals surface area contributed by atoms with Crippen LogP contribution in [0.1, 0.15) is 19.3 Å². The monoisotopic (exact) mass is 240 g/mol. The van der Waals surface area contributed by atoms with Crippen molar-refractivity contribution in [2.45, 2.75) is 25.3 Å². The maximum atomic E-state index is 11.7. The van der Waals surface area contributed by atoms with Crippen molar-refractivity contribution >= 4 is 6.03 Å². The van der Waals surface area contributed by atoms with Gasteiger partial charge in [-0.1, -0.05) is 0 Å². The second-order valence-electron chi connectivity index (χ2n) is 5.29. The molecule has 0 aliphatic carbocycles. The molecule has 2 fully saturated rings. The normalized spacial score (nSPS) is 27.0. The van der Waals surface area contributed by atoms with E-state index in [9.17, 15) is 4.79 Å². The minimum Gasteiger partial charge on any atom is -0.338 e. The Hall–Kier alpha value is -0.810. The summed E-state index contributed by atoms with van der Waals surface area (Å²) in [4.78, 5) is 14.0. The first kappa shape index (κ1) is 12.6. The summed E-state index contributed by atoms with van der Waals surface area (Å²) in [6.45, 7) is 5.08. The van der Waals surface area contributed by atoms with Crippen LogP contribution in [0.3, 0.4) is 0 Å². The number of likely N-dealkylation sites (tertiary alicyclic amines) is 1. The maximum absolute atomic E-state index is 11.7. The molecule has 2 rings (SSSR count). The third-order valence-corrected chi connectivity index (χ3v) is 3.77. The molecule has 0 aromatic heterocycles. The predicted molar refractivity (Wildman–Crippen MR) is 68.0 cm³/mol. The Balaban J connectivity index is 1.60. The number of nitrogens with one attached hydrogen (secondary N) is 3. The second kappa shape index (κ2) is 6.21. The van der Waals surface area contributed by atoms with E-state index in [1.807, 2.05) is 0 Å². The Labute approximate surface area is 103 Å². The fourth-order valence-electron chi connectivity index (χ4n) is 2.52. The summed E-state index contributed by atoms with van der Waals surface area (Å²) in [6.07, 6.45) is 3.30. The van der Waals surface area contributed by atoms with Crippen molar-refractivity contribution in [3.05, 3.63) is 0 Å². The number of urea groups is 1. The lowest BCUT2D eigenvalue weighted by Gasteiger charge is -2.29. The first-order valence-electron chi connectivity index (χ1n) is 6.67. The van der Waals surface area contributed by atoms with E-state index in [1.165, 1.54) is 6.42 Å². The van der Waals surface area contributed by atoms with Gasteiger partial charge in [-0.3, -0.25) is 0 Å². The van der Waals surface area contributed by atoms with Crippen molar-refractivity contribution in [3.8, 4) is 0 Å². The summed E-state index contributed by atoms with van der Waals surface area (Å²) < 4.78 is 0. The Morgan fingerprint density at radius 3 is 2.76 bits per heavy atom. The largest absolute Gasteiger partial charge is 0.338 e. The minimum absolute atomic E-state index is 0.00598. The Kier molecular flexibility index (Phi) is 4.62. The number of piperidine rings is 1. The van der Waals surface area contributed by atoms with Gasteiger partial charge in [-0.05, 0) is 58.4 Å². The summed E-state index contributed by atoms with van der Waals surface area (Å²) in [5, 5.41) is 9.35. The lowest BCUT2D eigenvalue weighted by atomic mass is 10.1. The number of amides is 2. The lowest BCUT2D eigenvalue weighted by molar-refractivity contribution is 0.213. The smallest absolute Gasteiger partial charge is 0.315 e. The fourth-order valence-corrected chi connectivity index (χ4v) is 2.52. The number of carbonyl (C=O) groups is 1. The Morgan fingerprint density at radius 1 is 1.35 bits per heavy atom. The van der Waals surface area contributed by atoms with E-state index in [-0.39, 0.29) is 6.03 Å². The highest BCUT2D eigenvalue weighted by molar-refractivity contribution is 5.74. The molecule has 2 heterocycles. The van der Waals surface area contributed by atoms with Crippen molar-refractivity contribution in [2.75, 3.05) is 39.8 Å². The van der Waals surface area contributed by atoms with Crippen LogP contribution in [-0.4, -0.2) is 56.7 Å². The molecule has 3 N–H and O–H groups in total. The first-order valence-corrected chi connectivity index (χ1v) is 6.67. The summed E-state index contributed by atoms with van der Waals surface area (Å²) >= 11 is 0. The molecule has 2 saturated heterocycles. The van der Waals surface area contributed by atoms with Crippen molar-refractivity contribution in [3.63, 3.8) is 0 Å². The predicted octanol–water partition coefficient (Wildman–Crippen LogP) is -0.0107. The Morgan fingerprint density at radius 2 is 2.12 bits per heavy atom. The summed E-state index contributed by atoms with van der Waals surface area (Å²) in [6, 6.07) is 0.361. The SMILES string of the molecule is CN1CCC(NC(=O)NCC2CCNC2)CC1. The van der Waals surface area contributed by atoms with E-state index in [1.54, 1.807) is 0 Å². The van der Waals surface area contributed by atoms with Crippen LogP contribution >= 0.6 is 0 Å². The van der Waals surface area contributed by atoms with Gasteiger partial charge in [0, 0.05) is 12.6 Å². The average molecular weight is 240 g/mol. The van der Waals surface area contributed by atoms with Crippen LogP contribution in [0.15, 0.2) is 0 Å². The summed E-state index contributed by atoms with van der Waals surface area (Å²) in [5.74, 6) is 0.609. The van der Waals surface area contributed by atoms with Gasteiger partial charge in [0.15, 0.2) is 0 Å². The highest BCUT2D eigenvalue weighted by Gasteiger charge is 2.19. The van der Waals surface area contributed by atoms with E-state index in [0.29, 0.717) is 12.0 Å². The third kappa shape index (κ3) is 4.16. The molecule has 17 heavy (non-hydrogen) atoms. The number of carbonyl (C=O) groups excluding carboxylic acids is 1. The van der Waals surface area contributed by atoms with Gasteiger partial charge in [0.2, 0.25) is 0 Å². The molecule has 0 bridgehead atoms. The van der Waals surface area contributed by atoms with Gasteiger partial charge >= 0.3 is 6.03 Å². The van der Waals surface area contributed by atoms with Crippen LogP contribution in [0.25, 0.3) is 0 Å². The quantitative estimate of drug-likeness (QED) is 0.650. The molecule has 2 aliphatic heterocycles. The van der Waals surface area contributed by atoms with Crippen LogP contribution < -0.4 is 16.0 Å². The van der Waals surface area contributed by atoms with Crippen LogP contribution in [0.4, 0.5) is 4.79 Å². The number of rotatable bonds is 3. The molecule has 2 amide bonds. The molecular weight excluding hydrogens is 216 g/mol. The summed E-state index contributed by atoms with van der Waals surface area (Å²) in [5.41, 5.74) is 0. The first-order chi connectivity index (χ1) is 8.24. The molecule has 0 radical (unpaired) electrons. The Bertz CT molecular complexity index is 245. The molecule has 0 aromatic carbocycles. The van der Waals surface area contributed by atoms with E-state index in [2.05, 4.69) is 27.9 Å². The molecule has 0 spiro atoms. The van der Waals surface area contributed by atoms with Crippen molar-refractivity contribution in [1.82, 2.24) is 20.9 Å². The molecule has 5 nitrogen and oxygen atoms in total. The van der Waals surface area contributed by atoms with Crippen molar-refractivity contribution in [2.24, 2.45) is 5.92 Å². The van der Waals surface area contributed by atoms with E-state index in [0.717, 1.165) is 45.6 Å². The number of nitrogens with zero attached hydrogens (tertiary/aromatic N) is 1. The number of hydrogen-bond acceptors (Lipinski definition) is 3. The molecule has 5 heteroatoms. The summed E-state index contributed by atoms with van der Waals surface area (Å²) in [7, 11) is 2.13. The van der Waals surface area contributed by atoms with Crippen molar-refractivity contribution < 1.29 is 4.79 Å². The van der Waals surface area contributed by atoms with Gasteiger partial charge in [-0.15, -0.1) is 0 Å². The molecule has 0 saturated carbocycles. The van der Waals surface area contributed by atoms with Crippen LogP contribution in [0.2, 0.25) is 0 Å². The van der Waals surface area contributed by atoms with Gasteiger partial charge in [0.05, 0.1) is 0 Å². The van der Waals surface area contributed by atoms with Crippen LogP contribution in [0.5, 0.6) is 0 Å². The van der Waals surface area contributed by atoms with Gasteiger partial charge in [-0.25, -0.2) is 4.79 Å². The van der Waals surface area contributed by atoms with Gasteiger partial charge in [-0.2, -0.15) is 0 Å². The molecule has 1 atom stereocenters. The van der Waals surface area contributed by atoms with E-state index >= 15 is 0 Å². The second-order valence-corrected chi connectivity index (χ2v) is 5.29. The fraction of sp³-hybridized carbons (Fsp3) is 0.917. The highest BCUT2D eigenvalue weighted by Crippen LogP contribution is 2.08. The van der Waals surface area contributed by atoms with E-state index in [4.69, 9.17) is 0 Å². The standard InChI is InChI=1S/C12H24N4O/c1-16-6-3-11(4-7-16)15-12(17)14-9-10-2-5-13-8-10/h10-11,13H,2-9H2,1H3,(H2,14,15,17).